The Morgan fingerprint density at radius 3 is 2.78 bits per heavy atom. The van der Waals surface area contributed by atoms with Crippen molar-refractivity contribution >= 4 is 5.91 Å². The van der Waals surface area contributed by atoms with Crippen LogP contribution in [0.4, 0.5) is 8.78 Å². The maximum atomic E-state index is 13.6. The van der Waals surface area contributed by atoms with E-state index in [4.69, 9.17) is 10.3 Å². The van der Waals surface area contributed by atoms with Gasteiger partial charge >= 0.3 is 0 Å². The Morgan fingerprint density at radius 1 is 1.34 bits per heavy atom. The first-order valence-electron chi connectivity index (χ1n) is 10.7. The number of nitrogens with zero attached hydrogens (tertiary/aromatic N) is 5. The average molecular weight is 442 g/mol. The number of aromatic nitrogens is 4. The molecule has 10 heteroatoms. The van der Waals surface area contributed by atoms with Crippen molar-refractivity contribution in [1.82, 2.24) is 24.8 Å². The Bertz CT molecular complexity index is 1150. The first kappa shape index (κ1) is 20.7. The second kappa shape index (κ2) is 7.77. The van der Waals surface area contributed by atoms with Crippen LogP contribution in [-0.4, -0.2) is 49.9 Å². The Balaban J connectivity index is 1.41. The molecule has 1 aromatic carbocycles. The zero-order valence-electron chi connectivity index (χ0n) is 17.7. The van der Waals surface area contributed by atoms with E-state index in [1.807, 2.05) is 25.1 Å². The summed E-state index contributed by atoms with van der Waals surface area (Å²) in [5.74, 6) is 0.297. The molecule has 2 fully saturated rings. The van der Waals surface area contributed by atoms with E-state index in [-0.39, 0.29) is 41.2 Å². The number of benzene rings is 1. The average Bonchev–Trinajstić information content (AvgIpc) is 3.12. The number of alkyl halides is 2. The van der Waals surface area contributed by atoms with Crippen LogP contribution in [0, 0.1) is 6.92 Å². The van der Waals surface area contributed by atoms with E-state index in [0.717, 1.165) is 28.7 Å². The summed E-state index contributed by atoms with van der Waals surface area (Å²) in [7, 11) is 0. The summed E-state index contributed by atoms with van der Waals surface area (Å²) in [6.45, 7) is 2.69. The molecule has 1 saturated carbocycles. The quantitative estimate of drug-likeness (QED) is 0.630. The predicted octanol–water partition coefficient (Wildman–Crippen LogP) is 2.82. The van der Waals surface area contributed by atoms with Gasteiger partial charge in [-0.15, -0.1) is 0 Å². The van der Waals surface area contributed by atoms with Gasteiger partial charge in [0.1, 0.15) is 12.2 Å². The molecule has 5 rings (SSSR count). The number of aryl methyl sites for hydroxylation is 1. The van der Waals surface area contributed by atoms with E-state index in [1.54, 1.807) is 4.90 Å². The molecule has 3 aromatic rings. The van der Waals surface area contributed by atoms with E-state index < -0.39 is 6.43 Å². The van der Waals surface area contributed by atoms with Crippen LogP contribution < -0.4 is 5.73 Å². The number of nitrogens with two attached hydrogens (primary N) is 1. The van der Waals surface area contributed by atoms with Crippen LogP contribution in [0.5, 0.6) is 0 Å². The van der Waals surface area contributed by atoms with Gasteiger partial charge in [0.25, 0.3) is 12.3 Å². The summed E-state index contributed by atoms with van der Waals surface area (Å²) >= 11 is 0. The van der Waals surface area contributed by atoms with E-state index in [0.29, 0.717) is 25.3 Å². The maximum Gasteiger partial charge on any atom is 0.280 e. The lowest BCUT2D eigenvalue weighted by atomic mass is 9.91. The van der Waals surface area contributed by atoms with E-state index in [2.05, 4.69) is 21.3 Å². The molecule has 168 valence electrons. The summed E-state index contributed by atoms with van der Waals surface area (Å²) in [5, 5.41) is 8.35. The molecule has 0 radical (unpaired) electrons. The van der Waals surface area contributed by atoms with Gasteiger partial charge in [-0.25, -0.2) is 8.78 Å². The molecule has 1 aliphatic heterocycles. The van der Waals surface area contributed by atoms with Gasteiger partial charge in [-0.3, -0.25) is 9.48 Å². The molecule has 0 spiro atoms. The molecule has 0 unspecified atom stereocenters. The minimum atomic E-state index is -2.80. The topological polar surface area (TPSA) is 103 Å². The van der Waals surface area contributed by atoms with Crippen LogP contribution in [0.2, 0.25) is 0 Å². The largest absolute Gasteiger partial charge is 0.339 e. The van der Waals surface area contributed by atoms with Crippen molar-refractivity contribution in [1.29, 1.82) is 0 Å². The fraction of sp³-hybridized carbons (Fsp3) is 0.455. The van der Waals surface area contributed by atoms with E-state index >= 15 is 0 Å². The van der Waals surface area contributed by atoms with Crippen LogP contribution in [-0.2, 0) is 16.8 Å². The molecule has 32 heavy (non-hydrogen) atoms. The number of carbonyl (C=O) groups excluding carboxylic acids is 1. The van der Waals surface area contributed by atoms with Gasteiger partial charge in [0.2, 0.25) is 5.91 Å². The second-order valence-corrected chi connectivity index (χ2v) is 8.62. The number of hydrogen-bond donors (Lipinski definition) is 1. The van der Waals surface area contributed by atoms with Crippen molar-refractivity contribution in [2.75, 3.05) is 13.1 Å². The molecule has 1 saturated heterocycles. The van der Waals surface area contributed by atoms with Crippen molar-refractivity contribution < 1.29 is 18.1 Å². The summed E-state index contributed by atoms with van der Waals surface area (Å²) < 4.78 is 33.7. The Labute approximate surface area is 183 Å². The minimum absolute atomic E-state index is 0.0659. The van der Waals surface area contributed by atoms with Crippen LogP contribution in [0.1, 0.15) is 48.3 Å². The van der Waals surface area contributed by atoms with Crippen molar-refractivity contribution in [3.8, 4) is 11.6 Å². The van der Waals surface area contributed by atoms with Crippen LogP contribution in [0.25, 0.3) is 11.6 Å². The number of hydrogen-bond acceptors (Lipinski definition) is 6. The lowest BCUT2D eigenvalue weighted by Gasteiger charge is -2.16. The SMILES string of the molecule is Cc1ccccc1C1(c2noc(-c3cc(C(F)F)n(CC(=O)N4CC[C@@H](N)C4)n3)n2)CC1. The Morgan fingerprint density at radius 2 is 2.12 bits per heavy atom. The first-order chi connectivity index (χ1) is 15.4. The smallest absolute Gasteiger partial charge is 0.280 e. The number of amides is 1. The monoisotopic (exact) mass is 442 g/mol. The van der Waals surface area contributed by atoms with Crippen molar-refractivity contribution in [3.63, 3.8) is 0 Å². The number of carbonyl (C=O) groups is 1. The van der Waals surface area contributed by atoms with Crippen molar-refractivity contribution in [3.05, 3.63) is 53.0 Å². The van der Waals surface area contributed by atoms with Gasteiger partial charge in [-0.05, 0) is 43.4 Å². The third-order valence-electron chi connectivity index (χ3n) is 6.38. The molecule has 0 bridgehead atoms. The molecule has 2 N–H and O–H groups in total. The normalized spacial score (nSPS) is 19.7. The molecule has 2 aromatic heterocycles. The summed E-state index contributed by atoms with van der Waals surface area (Å²) in [4.78, 5) is 18.6. The summed E-state index contributed by atoms with van der Waals surface area (Å²) in [5.41, 5.74) is 7.58. The highest BCUT2D eigenvalue weighted by Crippen LogP contribution is 2.53. The zero-order chi connectivity index (χ0) is 22.5. The highest BCUT2D eigenvalue weighted by atomic mass is 19.3. The molecule has 2 aliphatic rings. The molecular formula is C22H24F2N6O2. The standard InChI is InChI=1S/C22H24F2N6O2/c1-13-4-2-3-5-15(13)22(7-8-22)21-26-20(32-28-21)16-10-17(19(23)24)30(27-16)12-18(31)29-9-6-14(25)11-29/h2-5,10,14,19H,6-9,11-12,25H2,1H3/t14-/m1/s1. The Kier molecular flexibility index (Phi) is 5.04. The van der Waals surface area contributed by atoms with E-state index in [9.17, 15) is 13.6 Å². The van der Waals surface area contributed by atoms with Gasteiger partial charge in [0, 0.05) is 19.1 Å². The Hall–Kier alpha value is -3.14. The first-order valence-corrected chi connectivity index (χ1v) is 10.7. The van der Waals surface area contributed by atoms with Crippen LogP contribution in [0.15, 0.2) is 34.9 Å². The summed E-state index contributed by atoms with van der Waals surface area (Å²) in [6, 6.07) is 9.17. The fourth-order valence-corrected chi connectivity index (χ4v) is 4.45. The van der Waals surface area contributed by atoms with Gasteiger partial charge in [0.15, 0.2) is 11.5 Å². The lowest BCUT2D eigenvalue weighted by molar-refractivity contribution is -0.131. The van der Waals surface area contributed by atoms with Gasteiger partial charge in [-0.1, -0.05) is 29.4 Å². The van der Waals surface area contributed by atoms with Gasteiger partial charge in [0.05, 0.1) is 5.41 Å². The maximum absolute atomic E-state index is 13.6. The van der Waals surface area contributed by atoms with E-state index in [1.165, 1.54) is 6.07 Å². The number of halogens is 2. The van der Waals surface area contributed by atoms with Crippen molar-refractivity contribution in [2.24, 2.45) is 5.73 Å². The third-order valence-corrected chi connectivity index (χ3v) is 6.38. The molecule has 3 heterocycles. The summed E-state index contributed by atoms with van der Waals surface area (Å²) in [6.07, 6.45) is -0.320. The molecule has 1 amide bonds. The van der Waals surface area contributed by atoms with Crippen LogP contribution >= 0.6 is 0 Å². The fourth-order valence-electron chi connectivity index (χ4n) is 4.45. The minimum Gasteiger partial charge on any atom is -0.339 e. The molecule has 1 atom stereocenters. The van der Waals surface area contributed by atoms with Crippen molar-refractivity contribution in [2.45, 2.75) is 50.6 Å². The highest BCUT2D eigenvalue weighted by Gasteiger charge is 2.50. The van der Waals surface area contributed by atoms with Crippen LogP contribution in [0.3, 0.4) is 0 Å². The number of rotatable bonds is 6. The molecular weight excluding hydrogens is 418 g/mol. The molecule has 8 nitrogen and oxygen atoms in total. The predicted molar refractivity (Wildman–Crippen MR) is 111 cm³/mol. The molecule has 1 aliphatic carbocycles. The lowest BCUT2D eigenvalue weighted by Crippen LogP contribution is -2.34. The third kappa shape index (κ3) is 3.58. The van der Waals surface area contributed by atoms with Gasteiger partial charge in [-0.2, -0.15) is 10.1 Å². The van der Waals surface area contributed by atoms with Gasteiger partial charge < -0.3 is 15.2 Å². The highest BCUT2D eigenvalue weighted by molar-refractivity contribution is 5.76. The second-order valence-electron chi connectivity index (χ2n) is 8.62. The number of likely N-dealkylation sites (tertiary alicyclic amines) is 1. The zero-order valence-corrected chi connectivity index (χ0v) is 17.7.